The van der Waals surface area contributed by atoms with Crippen molar-refractivity contribution in [2.45, 2.75) is 74.1 Å². The predicted octanol–water partition coefficient (Wildman–Crippen LogP) is 2.55. The molecule has 8 rings (SSSR count). The van der Waals surface area contributed by atoms with Crippen molar-refractivity contribution < 1.29 is 24.5 Å². The minimum atomic E-state index is -1.03. The molecule has 3 aliphatic heterocycles. The van der Waals surface area contributed by atoms with Crippen LogP contribution in [0.4, 0.5) is 0 Å². The first-order chi connectivity index (χ1) is 17.4. The summed E-state index contributed by atoms with van der Waals surface area (Å²) in [6.07, 6.45) is 4.52. The van der Waals surface area contributed by atoms with Gasteiger partial charge in [-0.2, -0.15) is 0 Å². The summed E-state index contributed by atoms with van der Waals surface area (Å²) >= 11 is 0. The second-order valence-electron chi connectivity index (χ2n) is 11.8. The first-order valence-electron chi connectivity index (χ1n) is 13.3. The molecule has 1 saturated heterocycles. The topological polar surface area (TPSA) is 90.3 Å². The Kier molecular flexibility index (Phi) is 4.06. The van der Waals surface area contributed by atoms with E-state index in [1.165, 1.54) is 17.7 Å². The normalized spacial score (nSPS) is 36.4. The maximum absolute atomic E-state index is 13.7. The van der Waals surface area contributed by atoms with E-state index in [-0.39, 0.29) is 30.0 Å². The van der Waals surface area contributed by atoms with Crippen molar-refractivity contribution in [3.8, 4) is 11.5 Å². The molecular weight excluding hydrogens is 456 g/mol. The van der Waals surface area contributed by atoms with Crippen LogP contribution >= 0.6 is 0 Å². The molecule has 7 heteroatoms. The minimum absolute atomic E-state index is 0.0321. The molecule has 2 amide bonds. The van der Waals surface area contributed by atoms with Crippen molar-refractivity contribution in [1.82, 2.24) is 9.80 Å². The molecule has 6 aliphatic rings. The van der Waals surface area contributed by atoms with Gasteiger partial charge in [-0.1, -0.05) is 24.3 Å². The number of piperidine rings is 1. The Bertz CT molecular complexity index is 1340. The Morgan fingerprint density at radius 2 is 1.86 bits per heavy atom. The molecule has 3 fully saturated rings. The van der Waals surface area contributed by atoms with Crippen LogP contribution in [0, 0.1) is 5.92 Å². The summed E-state index contributed by atoms with van der Waals surface area (Å²) in [5.74, 6) is 0.729. The molecule has 0 radical (unpaired) electrons. The number of phenolic OH excluding ortho intramolecular Hbond substituents is 1. The van der Waals surface area contributed by atoms with Gasteiger partial charge in [0.05, 0.1) is 23.5 Å². The summed E-state index contributed by atoms with van der Waals surface area (Å²) in [5, 5.41) is 23.5. The Balaban J connectivity index is 1.27. The van der Waals surface area contributed by atoms with Gasteiger partial charge >= 0.3 is 0 Å². The molecule has 3 heterocycles. The van der Waals surface area contributed by atoms with Crippen molar-refractivity contribution in [1.29, 1.82) is 0 Å². The fourth-order valence-corrected chi connectivity index (χ4v) is 8.43. The third-order valence-electron chi connectivity index (χ3n) is 10.1. The lowest BCUT2D eigenvalue weighted by molar-refractivity contribution is -0.199. The molecule has 0 aromatic heterocycles. The lowest BCUT2D eigenvalue weighted by Gasteiger charge is -2.64. The van der Waals surface area contributed by atoms with E-state index in [2.05, 4.69) is 4.90 Å². The van der Waals surface area contributed by atoms with Gasteiger partial charge in [0.25, 0.3) is 5.91 Å². The molecule has 5 atom stereocenters. The van der Waals surface area contributed by atoms with Gasteiger partial charge in [0, 0.05) is 23.7 Å². The highest BCUT2D eigenvalue weighted by molar-refractivity contribution is 6.10. The van der Waals surface area contributed by atoms with Crippen molar-refractivity contribution in [2.75, 3.05) is 13.1 Å². The number of hydrogen-bond acceptors (Lipinski definition) is 6. The van der Waals surface area contributed by atoms with Gasteiger partial charge in [-0.25, -0.2) is 0 Å². The van der Waals surface area contributed by atoms with Crippen molar-refractivity contribution in [3.05, 3.63) is 58.7 Å². The number of nitrogens with zero attached hydrogens (tertiary/aromatic N) is 2. The lowest BCUT2D eigenvalue weighted by atomic mass is 9.48. The highest BCUT2D eigenvalue weighted by atomic mass is 16.5. The number of imide groups is 1. The zero-order valence-corrected chi connectivity index (χ0v) is 20.2. The van der Waals surface area contributed by atoms with Crippen LogP contribution in [0.3, 0.4) is 0 Å². The second-order valence-corrected chi connectivity index (χ2v) is 11.8. The summed E-state index contributed by atoms with van der Waals surface area (Å²) in [6, 6.07) is 10.5. The third kappa shape index (κ3) is 2.46. The summed E-state index contributed by atoms with van der Waals surface area (Å²) in [4.78, 5) is 31.0. The highest BCUT2D eigenvalue weighted by Gasteiger charge is 2.74. The number of rotatable bonds is 3. The van der Waals surface area contributed by atoms with E-state index < -0.39 is 23.2 Å². The van der Waals surface area contributed by atoms with Crippen LogP contribution in [-0.2, 0) is 23.1 Å². The van der Waals surface area contributed by atoms with Crippen LogP contribution < -0.4 is 4.74 Å². The summed E-state index contributed by atoms with van der Waals surface area (Å²) in [6.45, 7) is 1.85. The number of fused-ring (bicyclic) bond motifs is 1. The molecule has 2 bridgehead atoms. The van der Waals surface area contributed by atoms with Gasteiger partial charge in [0.15, 0.2) is 11.5 Å². The quantitative estimate of drug-likeness (QED) is 0.649. The van der Waals surface area contributed by atoms with E-state index in [1.807, 2.05) is 24.3 Å². The summed E-state index contributed by atoms with van der Waals surface area (Å²) < 4.78 is 6.58. The predicted molar refractivity (Wildman–Crippen MR) is 130 cm³/mol. The molecule has 1 unspecified atom stereocenters. The minimum Gasteiger partial charge on any atom is -0.504 e. The molecular formula is C29H30N2O5. The number of hydrogen-bond donors (Lipinski definition) is 2. The maximum atomic E-state index is 13.7. The highest BCUT2D eigenvalue weighted by Crippen LogP contribution is 2.66. The smallest absolute Gasteiger partial charge is 0.261 e. The fourth-order valence-electron chi connectivity index (χ4n) is 8.43. The van der Waals surface area contributed by atoms with E-state index in [0.29, 0.717) is 30.6 Å². The number of carbonyl (C=O) groups is 2. The average Bonchev–Trinajstić information content (AvgIpc) is 3.60. The zero-order valence-electron chi connectivity index (χ0n) is 20.2. The molecule has 2 aromatic rings. The van der Waals surface area contributed by atoms with E-state index >= 15 is 0 Å². The van der Waals surface area contributed by atoms with Crippen molar-refractivity contribution in [3.63, 3.8) is 0 Å². The summed E-state index contributed by atoms with van der Waals surface area (Å²) in [7, 11) is 0. The van der Waals surface area contributed by atoms with E-state index in [0.717, 1.165) is 42.1 Å². The first kappa shape index (κ1) is 21.2. The average molecular weight is 487 g/mol. The number of carbonyl (C=O) groups excluding carboxylic acids is 2. The molecule has 2 N–H and O–H groups in total. The maximum Gasteiger partial charge on any atom is 0.261 e. The molecule has 2 saturated carbocycles. The Hall–Kier alpha value is -2.90. The van der Waals surface area contributed by atoms with Gasteiger partial charge in [0.2, 0.25) is 5.91 Å². The van der Waals surface area contributed by atoms with Crippen molar-refractivity contribution >= 4 is 11.8 Å². The van der Waals surface area contributed by atoms with Gasteiger partial charge in [-0.15, -0.1) is 0 Å². The standard InChI is InChI=1S/C29H30N2O5/c32-21-8-7-18-13-22-29(35)10-9-20(31-23(33)14-17-3-1-2-4-19(17)27(31)34)26-28(29,24(18)25(21)36-26)11-12-30(22)15-16-5-6-16/h1-4,7-8,16,20,22,26,32,35H,5-6,9-15H2/t20-,22-,26+,28+,29?/m1/s1. The van der Waals surface area contributed by atoms with Gasteiger partial charge < -0.3 is 14.9 Å². The van der Waals surface area contributed by atoms with Crippen LogP contribution in [0.1, 0.15) is 59.2 Å². The Labute approximate surface area is 209 Å². The van der Waals surface area contributed by atoms with E-state index in [9.17, 15) is 19.8 Å². The number of aliphatic hydroxyl groups is 1. The number of benzene rings is 2. The van der Waals surface area contributed by atoms with E-state index in [4.69, 9.17) is 4.74 Å². The number of likely N-dealkylation sites (tertiary alicyclic amines) is 1. The summed E-state index contributed by atoms with van der Waals surface area (Å²) in [5.41, 5.74) is 1.57. The third-order valence-corrected chi connectivity index (χ3v) is 10.1. The van der Waals surface area contributed by atoms with Gasteiger partial charge in [-0.3, -0.25) is 19.4 Å². The molecule has 2 aromatic carbocycles. The molecule has 1 spiro atoms. The largest absolute Gasteiger partial charge is 0.504 e. The van der Waals surface area contributed by atoms with Gasteiger partial charge in [-0.05, 0) is 74.2 Å². The number of phenols is 1. The first-order valence-corrected chi connectivity index (χ1v) is 13.3. The Morgan fingerprint density at radius 1 is 1.03 bits per heavy atom. The number of aromatic hydroxyl groups is 1. The molecule has 186 valence electrons. The number of ether oxygens (including phenoxy) is 1. The van der Waals surface area contributed by atoms with Gasteiger partial charge in [0.1, 0.15) is 6.10 Å². The molecule has 3 aliphatic carbocycles. The van der Waals surface area contributed by atoms with Crippen LogP contribution in [-0.4, -0.2) is 68.7 Å². The SMILES string of the molecule is O=C1Cc2ccccc2C(=O)N1[C@@H]1CCC2(O)[C@H]3Cc4ccc(O)c5c4[C@@]2(CCN3CC2CC2)[C@H]1O5. The van der Waals surface area contributed by atoms with Crippen molar-refractivity contribution in [2.24, 2.45) is 5.92 Å². The zero-order chi connectivity index (χ0) is 24.4. The molecule has 36 heavy (non-hydrogen) atoms. The number of amides is 2. The molecule has 7 nitrogen and oxygen atoms in total. The van der Waals surface area contributed by atoms with Crippen LogP contribution in [0.25, 0.3) is 0 Å². The van der Waals surface area contributed by atoms with Crippen LogP contribution in [0.2, 0.25) is 0 Å². The van der Waals surface area contributed by atoms with Crippen LogP contribution in [0.5, 0.6) is 11.5 Å². The fraction of sp³-hybridized carbons (Fsp3) is 0.517. The second kappa shape index (κ2) is 6.90. The monoisotopic (exact) mass is 486 g/mol. The lowest BCUT2D eigenvalue weighted by Crippen LogP contribution is -2.78. The van der Waals surface area contributed by atoms with E-state index in [1.54, 1.807) is 12.1 Å². The Morgan fingerprint density at radius 3 is 2.69 bits per heavy atom. The van der Waals surface area contributed by atoms with Crippen LogP contribution in [0.15, 0.2) is 36.4 Å².